The highest BCUT2D eigenvalue weighted by Gasteiger charge is 2.37. The van der Waals surface area contributed by atoms with E-state index in [0.29, 0.717) is 10.8 Å². The van der Waals surface area contributed by atoms with Crippen molar-refractivity contribution >= 4 is 22.8 Å². The smallest absolute Gasteiger partial charge is 0.341 e. The average Bonchev–Trinajstić information content (AvgIpc) is 3.06. The zero-order valence-corrected chi connectivity index (χ0v) is 15.3. The first-order valence-electron chi connectivity index (χ1n) is 8.87. The molecule has 0 aromatic heterocycles. The topological polar surface area (TPSA) is 41.9 Å². The van der Waals surface area contributed by atoms with Crippen molar-refractivity contribution in [2.45, 2.75) is 31.2 Å². The predicted octanol–water partition coefficient (Wildman–Crippen LogP) is 3.26. The number of esters is 1. The van der Waals surface area contributed by atoms with E-state index in [9.17, 15) is 4.79 Å². The van der Waals surface area contributed by atoms with E-state index in [1.54, 1.807) is 11.8 Å². The Morgan fingerprint density at radius 1 is 1.16 bits per heavy atom. The van der Waals surface area contributed by atoms with Gasteiger partial charge in [-0.25, -0.2) is 4.79 Å². The number of carbonyl (C=O) groups excluding carboxylic acids is 1. The number of likely N-dealkylation sites (N-methyl/N-ethyl adjacent to an activating group) is 1. The molecule has 5 heteroatoms. The Morgan fingerprint density at radius 2 is 1.96 bits per heavy atom. The second kappa shape index (κ2) is 6.71. The largest absolute Gasteiger partial charge is 0.453 e. The van der Waals surface area contributed by atoms with Gasteiger partial charge in [0, 0.05) is 24.7 Å². The molecule has 0 aromatic rings. The van der Waals surface area contributed by atoms with Crippen LogP contribution in [0.3, 0.4) is 0 Å². The van der Waals surface area contributed by atoms with E-state index in [0.717, 1.165) is 23.8 Å². The van der Waals surface area contributed by atoms with Gasteiger partial charge in [0.15, 0.2) is 0 Å². The molecular formula is C20H22N2O2S. The number of allylic oxidation sites excluding steroid dienone is 3. The third-order valence-electron chi connectivity index (χ3n) is 4.96. The number of fused-ring (bicyclic) bond motifs is 2. The molecule has 0 amide bonds. The maximum absolute atomic E-state index is 12.6. The number of nitrogens with zero attached hydrogens (tertiary/aromatic N) is 2. The highest BCUT2D eigenvalue weighted by Crippen LogP contribution is 2.37. The lowest BCUT2D eigenvalue weighted by Gasteiger charge is -2.32. The van der Waals surface area contributed by atoms with Crippen LogP contribution in [0.25, 0.3) is 0 Å². The van der Waals surface area contributed by atoms with Crippen molar-refractivity contribution in [3.63, 3.8) is 0 Å². The molecule has 0 fully saturated rings. The van der Waals surface area contributed by atoms with Crippen LogP contribution in [-0.2, 0) is 9.53 Å². The minimum absolute atomic E-state index is 0.0871. The van der Waals surface area contributed by atoms with Crippen LogP contribution in [0.5, 0.6) is 0 Å². The van der Waals surface area contributed by atoms with Gasteiger partial charge in [0.05, 0.1) is 16.9 Å². The van der Waals surface area contributed by atoms with Gasteiger partial charge in [-0.3, -0.25) is 4.99 Å². The Hall–Kier alpha value is -2.01. The first-order valence-corrected chi connectivity index (χ1v) is 9.75. The normalized spacial score (nSPS) is 32.4. The van der Waals surface area contributed by atoms with E-state index < -0.39 is 0 Å². The fourth-order valence-corrected chi connectivity index (χ4v) is 4.73. The maximum atomic E-state index is 12.6. The van der Waals surface area contributed by atoms with Crippen LogP contribution in [0.1, 0.15) is 13.8 Å². The molecule has 0 N–H and O–H groups in total. The molecule has 4 unspecified atom stereocenters. The molecule has 0 spiro atoms. The number of rotatable bonds is 4. The number of ether oxygens (including phenoxy) is 1. The molecule has 4 aliphatic rings. The van der Waals surface area contributed by atoms with Crippen LogP contribution < -0.4 is 0 Å². The van der Waals surface area contributed by atoms with Gasteiger partial charge in [-0.2, -0.15) is 0 Å². The van der Waals surface area contributed by atoms with Gasteiger partial charge < -0.3 is 9.64 Å². The van der Waals surface area contributed by atoms with Gasteiger partial charge in [0.2, 0.25) is 0 Å². The van der Waals surface area contributed by atoms with E-state index in [2.05, 4.69) is 49.1 Å². The highest BCUT2D eigenvalue weighted by molar-refractivity contribution is 8.15. The summed E-state index contributed by atoms with van der Waals surface area (Å²) in [5.41, 5.74) is 1.75. The molecule has 2 heterocycles. The van der Waals surface area contributed by atoms with E-state index in [4.69, 9.17) is 9.73 Å². The molecule has 4 rings (SSSR count). The van der Waals surface area contributed by atoms with Crippen LogP contribution in [-0.4, -0.2) is 46.4 Å². The van der Waals surface area contributed by atoms with Crippen LogP contribution in [0.4, 0.5) is 0 Å². The Balaban J connectivity index is 1.57. The van der Waals surface area contributed by atoms with Crippen molar-refractivity contribution < 1.29 is 9.53 Å². The number of aliphatic imine (C=N–C) groups is 1. The number of hydrogen-bond acceptors (Lipinski definition) is 5. The second-order valence-corrected chi connectivity index (χ2v) is 7.59. The van der Waals surface area contributed by atoms with Gasteiger partial charge in [-0.15, -0.1) is 0 Å². The Bertz CT molecular complexity index is 756. The average molecular weight is 354 g/mol. The lowest BCUT2D eigenvalue weighted by atomic mass is 9.91. The monoisotopic (exact) mass is 354 g/mol. The van der Waals surface area contributed by atoms with Gasteiger partial charge in [0.1, 0.15) is 11.1 Å². The lowest BCUT2D eigenvalue weighted by Crippen LogP contribution is -2.34. The Labute approximate surface area is 152 Å². The quantitative estimate of drug-likeness (QED) is 0.727. The fourth-order valence-electron chi connectivity index (χ4n) is 3.55. The van der Waals surface area contributed by atoms with Gasteiger partial charge in [0.25, 0.3) is 0 Å². The summed E-state index contributed by atoms with van der Waals surface area (Å²) in [6, 6.07) is 0.132. The molecular weight excluding hydrogens is 332 g/mol. The first-order chi connectivity index (χ1) is 12.2. The molecule has 2 aliphatic carbocycles. The third kappa shape index (κ3) is 3.01. The molecule has 0 bridgehead atoms. The number of hydrogen-bond donors (Lipinski definition) is 0. The molecule has 4 atom stereocenters. The van der Waals surface area contributed by atoms with Gasteiger partial charge in [-0.1, -0.05) is 48.2 Å². The fraction of sp³-hybridized carbons (Fsp3) is 0.400. The minimum Gasteiger partial charge on any atom is -0.453 e. The summed E-state index contributed by atoms with van der Waals surface area (Å²) >= 11 is 1.65. The summed E-state index contributed by atoms with van der Waals surface area (Å²) in [7, 11) is 0. The number of carbonyl (C=O) groups is 1. The van der Waals surface area contributed by atoms with Crippen LogP contribution in [0.15, 0.2) is 64.9 Å². The number of thioether (sulfide) groups is 1. The van der Waals surface area contributed by atoms with Crippen molar-refractivity contribution in [3.8, 4) is 0 Å². The zero-order chi connectivity index (χ0) is 17.4. The third-order valence-corrected chi connectivity index (χ3v) is 6.21. The molecule has 0 aromatic carbocycles. The molecule has 0 saturated heterocycles. The molecule has 130 valence electrons. The summed E-state index contributed by atoms with van der Waals surface area (Å²) < 4.78 is 5.75. The summed E-state index contributed by atoms with van der Waals surface area (Å²) in [6.07, 6.45) is 16.4. The second-order valence-electron chi connectivity index (χ2n) is 6.43. The highest BCUT2D eigenvalue weighted by atomic mass is 32.2. The Kier molecular flexibility index (Phi) is 4.42. The van der Waals surface area contributed by atoms with Crippen molar-refractivity contribution in [2.75, 3.05) is 13.1 Å². The van der Waals surface area contributed by atoms with Crippen molar-refractivity contribution in [2.24, 2.45) is 10.9 Å². The summed E-state index contributed by atoms with van der Waals surface area (Å²) in [6.45, 7) is 6.15. The lowest BCUT2D eigenvalue weighted by molar-refractivity contribution is -0.143. The maximum Gasteiger partial charge on any atom is 0.341 e. The van der Waals surface area contributed by atoms with E-state index >= 15 is 0 Å². The van der Waals surface area contributed by atoms with Crippen LogP contribution in [0.2, 0.25) is 0 Å². The van der Waals surface area contributed by atoms with Gasteiger partial charge in [-0.05, 0) is 26.0 Å². The SMILES string of the molecule is CCN(CC)C1=CC2OC(=O)C(C3=NC4C=CC=CC4S3)=CC2C=C1. The van der Waals surface area contributed by atoms with Crippen molar-refractivity contribution in [1.82, 2.24) is 4.90 Å². The van der Waals surface area contributed by atoms with E-state index in [1.807, 2.05) is 18.2 Å². The van der Waals surface area contributed by atoms with E-state index in [-0.39, 0.29) is 24.0 Å². The minimum atomic E-state index is -0.260. The molecule has 4 nitrogen and oxygen atoms in total. The summed E-state index contributed by atoms with van der Waals surface area (Å²) in [4.78, 5) is 19.5. The molecule has 0 saturated carbocycles. The molecule has 0 radical (unpaired) electrons. The standard InChI is InChI=1S/C20H22N2O2S/c1-3-22(4-2)14-10-9-13-11-15(20(23)24-17(13)12-14)19-21-16-7-5-6-8-18(16)25-19/h5-13,16-18H,3-4H2,1-2H3. The first kappa shape index (κ1) is 16.5. The summed E-state index contributed by atoms with van der Waals surface area (Å²) in [5, 5.41) is 1.10. The predicted molar refractivity (Wildman–Crippen MR) is 102 cm³/mol. The molecule has 2 aliphatic heterocycles. The van der Waals surface area contributed by atoms with Crippen molar-refractivity contribution in [1.29, 1.82) is 0 Å². The Morgan fingerprint density at radius 3 is 2.72 bits per heavy atom. The summed E-state index contributed by atoms with van der Waals surface area (Å²) in [5.74, 6) is -0.173. The van der Waals surface area contributed by atoms with Crippen LogP contribution in [0, 0.1) is 5.92 Å². The molecule has 25 heavy (non-hydrogen) atoms. The zero-order valence-electron chi connectivity index (χ0n) is 14.5. The van der Waals surface area contributed by atoms with E-state index in [1.165, 1.54) is 0 Å². The van der Waals surface area contributed by atoms with Crippen molar-refractivity contribution in [3.05, 3.63) is 59.9 Å². The van der Waals surface area contributed by atoms with Crippen LogP contribution >= 0.6 is 11.8 Å². The van der Waals surface area contributed by atoms with Gasteiger partial charge >= 0.3 is 5.97 Å².